The van der Waals surface area contributed by atoms with E-state index in [2.05, 4.69) is 183 Å². The fourth-order valence-corrected chi connectivity index (χ4v) is 7.19. The number of hydrogen-bond donors (Lipinski definition) is 0. The number of thiophene rings is 1. The van der Waals surface area contributed by atoms with Crippen LogP contribution in [-0.4, -0.2) is 0 Å². The van der Waals surface area contributed by atoms with Gasteiger partial charge in [-0.3, -0.25) is 0 Å². The highest BCUT2D eigenvalue weighted by atomic mass is 32.1. The first kappa shape index (κ1) is 28.1. The van der Waals surface area contributed by atoms with Crippen molar-refractivity contribution in [1.29, 1.82) is 0 Å². The second kappa shape index (κ2) is 11.8. The number of benzene rings is 7. The lowest BCUT2D eigenvalue weighted by Crippen LogP contribution is -2.09. The highest BCUT2D eigenvalue weighted by Crippen LogP contribution is 2.37. The first-order valence-electron chi connectivity index (χ1n) is 15.8. The standard InChI is InChI=1S/C44H33NS/c1-30-6-19-37(20-7-30)45(38-21-8-31(2)9-22-38)39-23-10-32(11-24-39)12-25-40-27-28-41(46-40)26-17-33-13-14-36-16-15-34-4-3-5-35-18-29-42(33)44(36)43(34)35/h3-29H,1-2H3. The molecule has 1 aromatic heterocycles. The third kappa shape index (κ3) is 5.38. The first-order chi connectivity index (χ1) is 22.6. The van der Waals surface area contributed by atoms with Crippen molar-refractivity contribution in [1.82, 2.24) is 0 Å². The van der Waals surface area contributed by atoms with E-state index < -0.39 is 0 Å². The monoisotopic (exact) mass is 607 g/mol. The van der Waals surface area contributed by atoms with Crippen LogP contribution < -0.4 is 4.90 Å². The molecule has 1 heterocycles. The summed E-state index contributed by atoms with van der Waals surface area (Å²) in [4.78, 5) is 4.79. The van der Waals surface area contributed by atoms with Crippen molar-refractivity contribution in [3.8, 4) is 0 Å². The number of rotatable bonds is 7. The molecule has 8 aromatic rings. The Balaban J connectivity index is 1.02. The predicted octanol–water partition coefficient (Wildman–Crippen LogP) is 13.1. The first-order valence-corrected chi connectivity index (χ1v) is 16.6. The molecule has 0 spiro atoms. The molecule has 0 N–H and O–H groups in total. The van der Waals surface area contributed by atoms with Crippen molar-refractivity contribution in [2.75, 3.05) is 4.90 Å². The fraction of sp³-hybridized carbons (Fsp3) is 0.0455. The molecule has 0 atom stereocenters. The summed E-state index contributed by atoms with van der Waals surface area (Å²) in [5.41, 5.74) is 8.39. The normalized spacial score (nSPS) is 12.0. The second-order valence-electron chi connectivity index (χ2n) is 12.0. The van der Waals surface area contributed by atoms with Crippen LogP contribution in [0, 0.1) is 13.8 Å². The highest BCUT2D eigenvalue weighted by molar-refractivity contribution is 7.13. The number of anilines is 3. The third-order valence-corrected chi connectivity index (χ3v) is 9.83. The molecule has 8 rings (SSSR count). The average molecular weight is 608 g/mol. The van der Waals surface area contributed by atoms with Crippen LogP contribution >= 0.6 is 11.3 Å². The minimum Gasteiger partial charge on any atom is -0.311 e. The molecule has 0 fully saturated rings. The maximum atomic E-state index is 2.31. The van der Waals surface area contributed by atoms with Gasteiger partial charge in [0.15, 0.2) is 0 Å². The minimum atomic E-state index is 1.14. The molecule has 0 saturated heterocycles. The van der Waals surface area contributed by atoms with Crippen LogP contribution in [0.5, 0.6) is 0 Å². The van der Waals surface area contributed by atoms with Crippen LogP contribution in [0.25, 0.3) is 56.6 Å². The van der Waals surface area contributed by atoms with Gasteiger partial charge in [0, 0.05) is 26.8 Å². The van der Waals surface area contributed by atoms with Crippen molar-refractivity contribution in [2.24, 2.45) is 0 Å². The Morgan fingerprint density at radius 2 is 0.935 bits per heavy atom. The number of hydrogen-bond acceptors (Lipinski definition) is 2. The quantitative estimate of drug-likeness (QED) is 0.163. The Morgan fingerprint density at radius 1 is 0.435 bits per heavy atom. The summed E-state index contributed by atoms with van der Waals surface area (Å²) >= 11 is 1.81. The Hall–Kier alpha value is -5.44. The van der Waals surface area contributed by atoms with E-state index in [1.54, 1.807) is 0 Å². The Bertz CT molecular complexity index is 2290. The Labute approximate surface area is 274 Å². The van der Waals surface area contributed by atoms with Crippen LogP contribution in [0.3, 0.4) is 0 Å². The van der Waals surface area contributed by atoms with Gasteiger partial charge in [-0.2, -0.15) is 0 Å². The molecule has 0 amide bonds. The third-order valence-electron chi connectivity index (χ3n) is 8.81. The Kier molecular flexibility index (Phi) is 7.21. The molecule has 7 aromatic carbocycles. The van der Waals surface area contributed by atoms with Crippen molar-refractivity contribution in [3.63, 3.8) is 0 Å². The topological polar surface area (TPSA) is 3.24 Å². The zero-order valence-electron chi connectivity index (χ0n) is 25.9. The van der Waals surface area contributed by atoms with Crippen LogP contribution in [0.15, 0.2) is 140 Å². The van der Waals surface area contributed by atoms with E-state index in [-0.39, 0.29) is 0 Å². The zero-order chi connectivity index (χ0) is 31.0. The lowest BCUT2D eigenvalue weighted by Gasteiger charge is -2.25. The molecule has 0 saturated carbocycles. The summed E-state index contributed by atoms with van der Waals surface area (Å²) in [6.07, 6.45) is 8.92. The Morgan fingerprint density at radius 3 is 1.54 bits per heavy atom. The molecule has 2 heteroatoms. The lowest BCUT2D eigenvalue weighted by molar-refractivity contribution is 1.27. The van der Waals surface area contributed by atoms with Gasteiger partial charge in [0.25, 0.3) is 0 Å². The van der Waals surface area contributed by atoms with Crippen LogP contribution in [-0.2, 0) is 0 Å². The van der Waals surface area contributed by atoms with Gasteiger partial charge >= 0.3 is 0 Å². The molecular weight excluding hydrogens is 575 g/mol. The molecule has 0 aliphatic heterocycles. The molecule has 1 nitrogen and oxygen atoms in total. The molecule has 0 aliphatic rings. The van der Waals surface area contributed by atoms with Crippen molar-refractivity contribution < 1.29 is 0 Å². The van der Waals surface area contributed by atoms with Crippen LogP contribution in [0.1, 0.15) is 32.0 Å². The molecule has 0 radical (unpaired) electrons. The summed E-state index contributed by atoms with van der Waals surface area (Å²) in [5, 5.41) is 7.93. The number of nitrogens with zero attached hydrogens (tertiary/aromatic N) is 1. The van der Waals surface area contributed by atoms with Gasteiger partial charge in [-0.05, 0) is 118 Å². The van der Waals surface area contributed by atoms with E-state index in [0.717, 1.165) is 17.1 Å². The van der Waals surface area contributed by atoms with Crippen LogP contribution in [0.2, 0.25) is 0 Å². The van der Waals surface area contributed by atoms with Crippen molar-refractivity contribution in [2.45, 2.75) is 13.8 Å². The van der Waals surface area contributed by atoms with Crippen molar-refractivity contribution >= 4 is 85.0 Å². The minimum absolute atomic E-state index is 1.14. The molecule has 0 bridgehead atoms. The van der Waals surface area contributed by atoms with E-state index in [1.165, 1.54) is 64.3 Å². The molecule has 220 valence electrons. The lowest BCUT2D eigenvalue weighted by atomic mass is 9.92. The van der Waals surface area contributed by atoms with Gasteiger partial charge in [0.05, 0.1) is 0 Å². The van der Waals surface area contributed by atoms with Gasteiger partial charge in [-0.1, -0.05) is 114 Å². The summed E-state index contributed by atoms with van der Waals surface area (Å²) in [5.74, 6) is 0. The van der Waals surface area contributed by atoms with E-state index in [4.69, 9.17) is 0 Å². The highest BCUT2D eigenvalue weighted by Gasteiger charge is 2.12. The maximum absolute atomic E-state index is 2.31. The predicted molar refractivity (Wildman–Crippen MR) is 203 cm³/mol. The van der Waals surface area contributed by atoms with E-state index in [9.17, 15) is 0 Å². The van der Waals surface area contributed by atoms with E-state index in [1.807, 2.05) is 11.3 Å². The molecule has 0 aliphatic carbocycles. The molecular formula is C44H33NS. The fourth-order valence-electron chi connectivity index (χ4n) is 6.37. The summed E-state index contributed by atoms with van der Waals surface area (Å²) < 4.78 is 0. The molecule has 46 heavy (non-hydrogen) atoms. The number of aryl methyl sites for hydroxylation is 2. The summed E-state index contributed by atoms with van der Waals surface area (Å²) in [7, 11) is 0. The van der Waals surface area contributed by atoms with E-state index in [0.29, 0.717) is 0 Å². The smallest absolute Gasteiger partial charge is 0.0462 e. The van der Waals surface area contributed by atoms with Gasteiger partial charge < -0.3 is 4.90 Å². The largest absolute Gasteiger partial charge is 0.311 e. The van der Waals surface area contributed by atoms with Gasteiger partial charge in [-0.25, -0.2) is 0 Å². The maximum Gasteiger partial charge on any atom is 0.0462 e. The summed E-state index contributed by atoms with van der Waals surface area (Å²) in [6.45, 7) is 4.25. The van der Waals surface area contributed by atoms with Crippen LogP contribution in [0.4, 0.5) is 17.1 Å². The van der Waals surface area contributed by atoms with Gasteiger partial charge in [-0.15, -0.1) is 11.3 Å². The second-order valence-corrected chi connectivity index (χ2v) is 13.2. The average Bonchev–Trinajstić information content (AvgIpc) is 3.56. The van der Waals surface area contributed by atoms with Gasteiger partial charge in [0.2, 0.25) is 0 Å². The zero-order valence-corrected chi connectivity index (χ0v) is 26.8. The summed E-state index contributed by atoms with van der Waals surface area (Å²) in [6, 6.07) is 50.7. The van der Waals surface area contributed by atoms with Crippen molar-refractivity contribution in [3.05, 3.63) is 172 Å². The van der Waals surface area contributed by atoms with Gasteiger partial charge in [0.1, 0.15) is 0 Å². The SMILES string of the molecule is Cc1ccc(N(c2ccc(C)cc2)c2ccc(C=Cc3ccc(C=Cc4ccc5ccc6cccc7ccc4c5c67)s3)cc2)cc1. The molecule has 0 unspecified atom stereocenters. The van der Waals surface area contributed by atoms with E-state index >= 15 is 0 Å².